The van der Waals surface area contributed by atoms with Gasteiger partial charge in [0.25, 0.3) is 0 Å². The van der Waals surface area contributed by atoms with Gasteiger partial charge in [0.15, 0.2) is 0 Å². The van der Waals surface area contributed by atoms with Crippen molar-refractivity contribution in [2.75, 3.05) is 13.1 Å². The molecular formula is C14H27NO. The molecule has 3 unspecified atom stereocenters. The lowest BCUT2D eigenvalue weighted by Crippen LogP contribution is -2.49. The maximum Gasteiger partial charge on any atom is 0.0695 e. The molecular weight excluding hydrogens is 198 g/mol. The summed E-state index contributed by atoms with van der Waals surface area (Å²) in [5.74, 6) is 0.875. The van der Waals surface area contributed by atoms with Crippen LogP contribution in [-0.2, 0) is 0 Å². The second kappa shape index (κ2) is 6.02. The summed E-state index contributed by atoms with van der Waals surface area (Å²) in [4.78, 5) is 2.57. The number of aliphatic hydroxyl groups excluding tert-OH is 1. The van der Waals surface area contributed by atoms with Crippen molar-refractivity contribution in [2.24, 2.45) is 5.92 Å². The van der Waals surface area contributed by atoms with E-state index in [2.05, 4.69) is 11.8 Å². The summed E-state index contributed by atoms with van der Waals surface area (Å²) in [6.07, 6.45) is 10.2. The third kappa shape index (κ3) is 2.98. The fourth-order valence-electron chi connectivity index (χ4n) is 3.53. The summed E-state index contributed by atoms with van der Waals surface area (Å²) in [5, 5.41) is 10.2. The molecule has 0 amide bonds. The highest BCUT2D eigenvalue weighted by atomic mass is 16.3. The van der Waals surface area contributed by atoms with E-state index in [-0.39, 0.29) is 6.10 Å². The average Bonchev–Trinajstić information content (AvgIpc) is 2.33. The van der Waals surface area contributed by atoms with Crippen molar-refractivity contribution < 1.29 is 5.11 Å². The minimum Gasteiger partial charge on any atom is -0.391 e. The van der Waals surface area contributed by atoms with Crippen LogP contribution < -0.4 is 0 Å². The maximum absolute atomic E-state index is 10.2. The molecule has 0 aromatic carbocycles. The fourth-order valence-corrected chi connectivity index (χ4v) is 3.53. The average molecular weight is 225 g/mol. The third-order valence-corrected chi connectivity index (χ3v) is 4.45. The molecule has 0 radical (unpaired) electrons. The predicted octanol–water partition coefficient (Wildman–Crippen LogP) is 2.80. The Hall–Kier alpha value is -0.0800. The number of nitrogens with zero attached hydrogens (tertiary/aromatic N) is 1. The zero-order valence-corrected chi connectivity index (χ0v) is 10.7. The zero-order valence-electron chi connectivity index (χ0n) is 10.7. The van der Waals surface area contributed by atoms with Crippen molar-refractivity contribution in [3.63, 3.8) is 0 Å². The highest BCUT2D eigenvalue weighted by molar-refractivity contribution is 4.87. The lowest BCUT2D eigenvalue weighted by atomic mass is 9.80. The molecule has 0 bridgehead atoms. The second-order valence-electron chi connectivity index (χ2n) is 5.70. The molecule has 2 aliphatic rings. The molecule has 2 fully saturated rings. The van der Waals surface area contributed by atoms with Gasteiger partial charge < -0.3 is 5.11 Å². The van der Waals surface area contributed by atoms with Crippen molar-refractivity contribution in [1.82, 2.24) is 4.90 Å². The van der Waals surface area contributed by atoms with Gasteiger partial charge in [-0.15, -0.1) is 0 Å². The first-order valence-corrected chi connectivity index (χ1v) is 7.23. The lowest BCUT2D eigenvalue weighted by Gasteiger charge is -2.42. The third-order valence-electron chi connectivity index (χ3n) is 4.45. The summed E-state index contributed by atoms with van der Waals surface area (Å²) < 4.78 is 0. The van der Waals surface area contributed by atoms with Crippen LogP contribution in [0.4, 0.5) is 0 Å². The molecule has 2 nitrogen and oxygen atoms in total. The van der Waals surface area contributed by atoms with Crippen molar-refractivity contribution in [3.8, 4) is 0 Å². The van der Waals surface area contributed by atoms with Gasteiger partial charge >= 0.3 is 0 Å². The van der Waals surface area contributed by atoms with E-state index in [9.17, 15) is 5.11 Å². The van der Waals surface area contributed by atoms with E-state index in [0.29, 0.717) is 6.04 Å². The highest BCUT2D eigenvalue weighted by Crippen LogP contribution is 2.32. The van der Waals surface area contributed by atoms with Crippen LogP contribution in [0.1, 0.15) is 58.3 Å². The van der Waals surface area contributed by atoms with E-state index < -0.39 is 0 Å². The Bertz CT molecular complexity index is 201. The Morgan fingerprint density at radius 2 is 1.88 bits per heavy atom. The fraction of sp³-hybridized carbons (Fsp3) is 1.00. The monoisotopic (exact) mass is 225 g/mol. The van der Waals surface area contributed by atoms with Gasteiger partial charge in [0.2, 0.25) is 0 Å². The minimum atomic E-state index is -0.0498. The number of hydrogen-bond acceptors (Lipinski definition) is 2. The predicted molar refractivity (Wildman–Crippen MR) is 67.5 cm³/mol. The molecule has 2 rings (SSSR count). The van der Waals surface area contributed by atoms with Crippen LogP contribution in [-0.4, -0.2) is 35.2 Å². The van der Waals surface area contributed by atoms with Gasteiger partial charge in [0.1, 0.15) is 0 Å². The van der Waals surface area contributed by atoms with E-state index in [1.807, 2.05) is 0 Å². The molecule has 0 aromatic rings. The zero-order chi connectivity index (χ0) is 11.4. The van der Waals surface area contributed by atoms with Crippen LogP contribution >= 0.6 is 0 Å². The molecule has 1 saturated carbocycles. The molecule has 1 aliphatic carbocycles. The van der Waals surface area contributed by atoms with Gasteiger partial charge in [-0.2, -0.15) is 0 Å². The topological polar surface area (TPSA) is 23.5 Å². The summed E-state index contributed by atoms with van der Waals surface area (Å²) in [6.45, 7) is 4.72. The van der Waals surface area contributed by atoms with E-state index >= 15 is 0 Å². The molecule has 94 valence electrons. The summed E-state index contributed by atoms with van der Waals surface area (Å²) in [7, 11) is 0. The highest BCUT2D eigenvalue weighted by Gasteiger charge is 2.33. The standard InChI is InChI=1S/C14H27NO/c1-2-6-12-7-8-14(16)13(11-12)15-9-4-3-5-10-15/h12-14,16H,2-11H2,1H3. The molecule has 1 heterocycles. The molecule has 1 N–H and O–H groups in total. The van der Waals surface area contributed by atoms with Crippen LogP contribution in [0.2, 0.25) is 0 Å². The summed E-state index contributed by atoms with van der Waals surface area (Å²) in [5.41, 5.74) is 0. The number of piperidine rings is 1. The van der Waals surface area contributed by atoms with E-state index in [0.717, 1.165) is 12.3 Å². The maximum atomic E-state index is 10.2. The Labute approximate surface area is 100 Å². The van der Waals surface area contributed by atoms with Gasteiger partial charge in [-0.05, 0) is 51.1 Å². The number of rotatable bonds is 3. The molecule has 0 aromatic heterocycles. The molecule has 2 heteroatoms. The normalized spacial score (nSPS) is 37.5. The summed E-state index contributed by atoms with van der Waals surface area (Å²) in [6, 6.07) is 0.477. The molecule has 1 saturated heterocycles. The van der Waals surface area contributed by atoms with Gasteiger partial charge in [0, 0.05) is 6.04 Å². The smallest absolute Gasteiger partial charge is 0.0695 e. The van der Waals surface area contributed by atoms with Gasteiger partial charge in [-0.25, -0.2) is 0 Å². The Kier molecular flexibility index (Phi) is 4.66. The minimum absolute atomic E-state index is 0.0498. The van der Waals surface area contributed by atoms with Crippen molar-refractivity contribution in [2.45, 2.75) is 70.4 Å². The molecule has 16 heavy (non-hydrogen) atoms. The Morgan fingerprint density at radius 1 is 1.12 bits per heavy atom. The van der Waals surface area contributed by atoms with Crippen LogP contribution in [0, 0.1) is 5.92 Å². The van der Waals surface area contributed by atoms with E-state index in [4.69, 9.17) is 0 Å². The Balaban J connectivity index is 1.89. The van der Waals surface area contributed by atoms with Gasteiger partial charge in [0.05, 0.1) is 6.10 Å². The lowest BCUT2D eigenvalue weighted by molar-refractivity contribution is -0.00586. The van der Waals surface area contributed by atoms with Crippen molar-refractivity contribution in [1.29, 1.82) is 0 Å². The largest absolute Gasteiger partial charge is 0.391 e. The first-order chi connectivity index (χ1) is 7.81. The number of hydrogen-bond donors (Lipinski definition) is 1. The van der Waals surface area contributed by atoms with Crippen LogP contribution in [0.25, 0.3) is 0 Å². The van der Waals surface area contributed by atoms with Crippen LogP contribution in [0.15, 0.2) is 0 Å². The SMILES string of the molecule is CCCC1CCC(O)C(N2CCCCC2)C1. The van der Waals surface area contributed by atoms with Crippen molar-refractivity contribution >= 4 is 0 Å². The number of likely N-dealkylation sites (tertiary alicyclic amines) is 1. The van der Waals surface area contributed by atoms with Crippen LogP contribution in [0.5, 0.6) is 0 Å². The van der Waals surface area contributed by atoms with Gasteiger partial charge in [-0.1, -0.05) is 26.2 Å². The quantitative estimate of drug-likeness (QED) is 0.798. The second-order valence-corrected chi connectivity index (χ2v) is 5.70. The molecule has 3 atom stereocenters. The van der Waals surface area contributed by atoms with Gasteiger partial charge in [-0.3, -0.25) is 4.90 Å². The molecule has 0 spiro atoms. The number of aliphatic hydroxyl groups is 1. The Morgan fingerprint density at radius 3 is 2.56 bits per heavy atom. The molecule has 1 aliphatic heterocycles. The van der Waals surface area contributed by atoms with Crippen molar-refractivity contribution in [3.05, 3.63) is 0 Å². The first kappa shape index (κ1) is 12.4. The summed E-state index contributed by atoms with van der Waals surface area (Å²) >= 11 is 0. The first-order valence-electron chi connectivity index (χ1n) is 7.23. The van der Waals surface area contributed by atoms with E-state index in [1.165, 1.54) is 58.0 Å². The van der Waals surface area contributed by atoms with Crippen LogP contribution in [0.3, 0.4) is 0 Å². The van der Waals surface area contributed by atoms with E-state index in [1.54, 1.807) is 0 Å².